The van der Waals surface area contributed by atoms with Crippen LogP contribution in [0.2, 0.25) is 0 Å². The lowest BCUT2D eigenvalue weighted by Crippen LogP contribution is -2.44. The number of aryl methyl sites for hydroxylation is 1. The molecule has 1 aliphatic rings. The summed E-state index contributed by atoms with van der Waals surface area (Å²) in [6.07, 6.45) is 1.67. The predicted octanol–water partition coefficient (Wildman–Crippen LogP) is 2.56. The number of aromatic amines is 1. The highest BCUT2D eigenvalue weighted by atomic mass is 16.5. The Balaban J connectivity index is 1.52. The standard InChI is InChI=1S/C21H23N3O4/c1-23-17-12-14(9-10-16(17)22-21(23)26)20(25)24-11-5-6-15(13-24)28-19-8-4-3-7-18(19)27-2/h3-4,7-10,12,15H,5-6,11,13H2,1-2H3,(H,22,26). The first-order chi connectivity index (χ1) is 13.6. The van der Waals surface area contributed by atoms with Gasteiger partial charge in [-0.15, -0.1) is 0 Å². The Morgan fingerprint density at radius 1 is 1.18 bits per heavy atom. The van der Waals surface area contributed by atoms with Crippen LogP contribution in [0.3, 0.4) is 0 Å². The maximum absolute atomic E-state index is 13.0. The van der Waals surface area contributed by atoms with Gasteiger partial charge < -0.3 is 19.4 Å². The molecule has 2 heterocycles. The molecular weight excluding hydrogens is 358 g/mol. The molecule has 1 atom stereocenters. The number of imidazole rings is 1. The number of hydrogen-bond acceptors (Lipinski definition) is 4. The molecule has 1 N–H and O–H groups in total. The third-order valence-corrected chi connectivity index (χ3v) is 5.18. The summed E-state index contributed by atoms with van der Waals surface area (Å²) in [6.45, 7) is 1.20. The van der Waals surface area contributed by atoms with Crippen LogP contribution in [-0.4, -0.2) is 46.7 Å². The van der Waals surface area contributed by atoms with E-state index >= 15 is 0 Å². The summed E-state index contributed by atoms with van der Waals surface area (Å²) >= 11 is 0. The van der Waals surface area contributed by atoms with E-state index in [1.165, 1.54) is 4.57 Å². The summed E-state index contributed by atoms with van der Waals surface area (Å²) in [5.74, 6) is 1.32. The number of para-hydroxylation sites is 2. The highest BCUT2D eigenvalue weighted by molar-refractivity contribution is 5.97. The van der Waals surface area contributed by atoms with Gasteiger partial charge in [-0.2, -0.15) is 0 Å². The number of methoxy groups -OCH3 is 1. The number of rotatable bonds is 4. The normalized spacial score (nSPS) is 16.9. The van der Waals surface area contributed by atoms with Crippen molar-refractivity contribution < 1.29 is 14.3 Å². The Bertz CT molecular complexity index is 1070. The minimum atomic E-state index is -0.192. The van der Waals surface area contributed by atoms with Crippen molar-refractivity contribution in [3.63, 3.8) is 0 Å². The molecule has 0 saturated carbocycles. The average molecular weight is 381 g/mol. The van der Waals surface area contributed by atoms with Crippen LogP contribution >= 0.6 is 0 Å². The van der Waals surface area contributed by atoms with Gasteiger partial charge in [-0.25, -0.2) is 4.79 Å². The minimum absolute atomic E-state index is 0.0520. The molecule has 1 aromatic heterocycles. The van der Waals surface area contributed by atoms with E-state index in [9.17, 15) is 9.59 Å². The van der Waals surface area contributed by atoms with Crippen molar-refractivity contribution in [2.24, 2.45) is 7.05 Å². The third-order valence-electron chi connectivity index (χ3n) is 5.18. The van der Waals surface area contributed by atoms with E-state index in [1.807, 2.05) is 29.2 Å². The van der Waals surface area contributed by atoms with Crippen LogP contribution in [0.4, 0.5) is 0 Å². The average Bonchev–Trinajstić information content (AvgIpc) is 3.01. The Morgan fingerprint density at radius 3 is 2.75 bits per heavy atom. The van der Waals surface area contributed by atoms with Gasteiger partial charge in [-0.3, -0.25) is 9.36 Å². The summed E-state index contributed by atoms with van der Waals surface area (Å²) in [7, 11) is 3.30. The first-order valence-corrected chi connectivity index (χ1v) is 9.34. The molecular formula is C21H23N3O4. The number of likely N-dealkylation sites (tertiary alicyclic amines) is 1. The summed E-state index contributed by atoms with van der Waals surface area (Å²) in [4.78, 5) is 29.4. The van der Waals surface area contributed by atoms with Crippen molar-refractivity contribution in [3.8, 4) is 11.5 Å². The third kappa shape index (κ3) is 3.35. The highest BCUT2D eigenvalue weighted by Crippen LogP contribution is 2.29. The Kier molecular flexibility index (Phi) is 4.81. The van der Waals surface area contributed by atoms with Crippen LogP contribution < -0.4 is 15.2 Å². The zero-order valence-electron chi connectivity index (χ0n) is 16.0. The fourth-order valence-electron chi connectivity index (χ4n) is 3.65. The van der Waals surface area contributed by atoms with E-state index in [4.69, 9.17) is 9.47 Å². The number of nitrogens with one attached hydrogen (secondary N) is 1. The lowest BCUT2D eigenvalue weighted by Gasteiger charge is -2.33. The molecule has 1 aliphatic heterocycles. The Morgan fingerprint density at radius 2 is 1.96 bits per heavy atom. The molecule has 0 bridgehead atoms. The van der Waals surface area contributed by atoms with Gasteiger partial charge in [0.25, 0.3) is 5.91 Å². The van der Waals surface area contributed by atoms with Crippen molar-refractivity contribution in [1.82, 2.24) is 14.5 Å². The second-order valence-corrected chi connectivity index (χ2v) is 7.01. The first kappa shape index (κ1) is 18.2. The van der Waals surface area contributed by atoms with Gasteiger partial charge in [-0.05, 0) is 43.2 Å². The largest absolute Gasteiger partial charge is 0.493 e. The predicted molar refractivity (Wildman–Crippen MR) is 106 cm³/mol. The van der Waals surface area contributed by atoms with Gasteiger partial charge in [-0.1, -0.05) is 12.1 Å². The Labute approximate surface area is 162 Å². The molecule has 7 heteroatoms. The zero-order chi connectivity index (χ0) is 19.7. The molecule has 4 rings (SSSR count). The topological polar surface area (TPSA) is 76.6 Å². The second kappa shape index (κ2) is 7.42. The summed E-state index contributed by atoms with van der Waals surface area (Å²) < 4.78 is 13.0. The number of ether oxygens (including phenoxy) is 2. The van der Waals surface area contributed by atoms with E-state index in [2.05, 4.69) is 4.98 Å². The van der Waals surface area contributed by atoms with E-state index in [0.29, 0.717) is 30.2 Å². The first-order valence-electron chi connectivity index (χ1n) is 9.34. The van der Waals surface area contributed by atoms with Crippen molar-refractivity contribution in [3.05, 3.63) is 58.5 Å². The van der Waals surface area contributed by atoms with Crippen LogP contribution in [0.25, 0.3) is 11.0 Å². The number of amides is 1. The van der Waals surface area contributed by atoms with E-state index in [1.54, 1.807) is 32.4 Å². The number of H-pyrrole nitrogens is 1. The monoisotopic (exact) mass is 381 g/mol. The van der Waals surface area contributed by atoms with Crippen LogP contribution in [-0.2, 0) is 7.05 Å². The molecule has 1 amide bonds. The molecule has 1 fully saturated rings. The maximum atomic E-state index is 13.0. The van der Waals surface area contributed by atoms with Crippen LogP contribution in [0.1, 0.15) is 23.2 Å². The second-order valence-electron chi connectivity index (χ2n) is 7.01. The number of piperidine rings is 1. The number of carbonyl (C=O) groups is 1. The van der Waals surface area contributed by atoms with Crippen molar-refractivity contribution >= 4 is 16.9 Å². The van der Waals surface area contributed by atoms with Gasteiger partial charge in [0.05, 0.1) is 24.7 Å². The van der Waals surface area contributed by atoms with Crippen molar-refractivity contribution in [2.45, 2.75) is 18.9 Å². The van der Waals surface area contributed by atoms with Gasteiger partial charge >= 0.3 is 5.69 Å². The van der Waals surface area contributed by atoms with Crippen molar-refractivity contribution in [1.29, 1.82) is 0 Å². The fourth-order valence-corrected chi connectivity index (χ4v) is 3.65. The van der Waals surface area contributed by atoms with Gasteiger partial charge in [0.2, 0.25) is 0 Å². The lowest BCUT2D eigenvalue weighted by molar-refractivity contribution is 0.0532. The molecule has 0 spiro atoms. The number of aromatic nitrogens is 2. The molecule has 28 heavy (non-hydrogen) atoms. The molecule has 1 saturated heterocycles. The highest BCUT2D eigenvalue weighted by Gasteiger charge is 2.26. The van der Waals surface area contributed by atoms with Gasteiger partial charge in [0, 0.05) is 19.2 Å². The number of benzene rings is 2. The zero-order valence-corrected chi connectivity index (χ0v) is 16.0. The van der Waals surface area contributed by atoms with E-state index < -0.39 is 0 Å². The molecule has 1 unspecified atom stereocenters. The number of hydrogen-bond donors (Lipinski definition) is 1. The van der Waals surface area contributed by atoms with E-state index in [-0.39, 0.29) is 17.7 Å². The maximum Gasteiger partial charge on any atom is 0.326 e. The van der Waals surface area contributed by atoms with Gasteiger partial charge in [0.1, 0.15) is 6.10 Å². The van der Waals surface area contributed by atoms with Crippen LogP contribution in [0, 0.1) is 0 Å². The summed E-state index contributed by atoms with van der Waals surface area (Å²) in [6, 6.07) is 12.8. The summed E-state index contributed by atoms with van der Waals surface area (Å²) in [5.41, 5.74) is 1.82. The number of fused-ring (bicyclic) bond motifs is 1. The molecule has 2 aromatic carbocycles. The van der Waals surface area contributed by atoms with Crippen LogP contribution in [0.15, 0.2) is 47.3 Å². The molecule has 146 valence electrons. The quantitative estimate of drug-likeness (QED) is 0.754. The number of nitrogens with zero attached hydrogens (tertiary/aromatic N) is 2. The number of carbonyl (C=O) groups excluding carboxylic acids is 1. The smallest absolute Gasteiger partial charge is 0.326 e. The Hall–Kier alpha value is -3.22. The molecule has 3 aromatic rings. The molecule has 0 radical (unpaired) electrons. The SMILES string of the molecule is COc1ccccc1OC1CCCN(C(=O)c2ccc3[nH]c(=O)n(C)c3c2)C1. The molecule has 7 nitrogen and oxygen atoms in total. The van der Waals surface area contributed by atoms with Gasteiger partial charge in [0.15, 0.2) is 11.5 Å². The fraction of sp³-hybridized carbons (Fsp3) is 0.333. The summed E-state index contributed by atoms with van der Waals surface area (Å²) in [5, 5.41) is 0. The lowest BCUT2D eigenvalue weighted by atomic mass is 10.1. The van der Waals surface area contributed by atoms with E-state index in [0.717, 1.165) is 23.9 Å². The van der Waals surface area contributed by atoms with Crippen LogP contribution in [0.5, 0.6) is 11.5 Å². The van der Waals surface area contributed by atoms with Crippen molar-refractivity contribution in [2.75, 3.05) is 20.2 Å². The molecule has 0 aliphatic carbocycles. The minimum Gasteiger partial charge on any atom is -0.493 e.